The molecule has 0 saturated carbocycles. The zero-order valence-electron chi connectivity index (χ0n) is 13.3. The summed E-state index contributed by atoms with van der Waals surface area (Å²) >= 11 is 12.0. The Labute approximate surface area is 154 Å². The number of likely N-dealkylation sites (tertiary alicyclic amines) is 1. The fraction of sp³-hybridized carbons (Fsp3) is 0.588. The monoisotopic (exact) mass is 376 g/mol. The highest BCUT2D eigenvalue weighted by Gasteiger charge is 2.38. The molecule has 1 amide bonds. The topological polar surface area (TPSA) is 32.3 Å². The fourth-order valence-corrected chi connectivity index (χ4v) is 3.93. The number of rotatable bonds is 2. The molecular formula is C17H23Cl3N2O. The standard InChI is InChI=1S/C17H22Cl2N2O.ClH/c1-12(13-2-3-14(18)15(19)10-13)16(22)21-8-5-17(6-9-21)4-7-20-11-17;/h2-3,10,12,20H,4-9,11H2,1H3;1H. The Hall–Kier alpha value is -0.480. The molecule has 2 aliphatic heterocycles. The normalized spacial score (nSPS) is 21.1. The molecule has 128 valence electrons. The van der Waals surface area contributed by atoms with Crippen LogP contribution in [0.15, 0.2) is 18.2 Å². The minimum absolute atomic E-state index is 0. The van der Waals surface area contributed by atoms with E-state index in [1.165, 1.54) is 6.42 Å². The summed E-state index contributed by atoms with van der Waals surface area (Å²) in [6.45, 7) is 5.91. The van der Waals surface area contributed by atoms with E-state index >= 15 is 0 Å². The van der Waals surface area contributed by atoms with Crippen LogP contribution in [0.2, 0.25) is 10.0 Å². The Morgan fingerprint density at radius 2 is 1.91 bits per heavy atom. The molecule has 1 atom stereocenters. The van der Waals surface area contributed by atoms with Crippen molar-refractivity contribution in [3.63, 3.8) is 0 Å². The van der Waals surface area contributed by atoms with E-state index in [0.717, 1.165) is 44.6 Å². The molecule has 2 heterocycles. The summed E-state index contributed by atoms with van der Waals surface area (Å²) in [5.41, 5.74) is 1.37. The second-order valence-corrected chi connectivity index (χ2v) is 7.46. The number of nitrogens with zero attached hydrogens (tertiary/aromatic N) is 1. The Balaban J connectivity index is 0.00000192. The molecule has 2 aliphatic rings. The van der Waals surface area contributed by atoms with Crippen LogP contribution in [0.25, 0.3) is 0 Å². The molecule has 1 aromatic carbocycles. The van der Waals surface area contributed by atoms with Crippen LogP contribution in [0, 0.1) is 5.41 Å². The van der Waals surface area contributed by atoms with E-state index in [4.69, 9.17) is 23.2 Å². The Bertz CT molecular complexity index is 563. The lowest BCUT2D eigenvalue weighted by Crippen LogP contribution is -2.45. The van der Waals surface area contributed by atoms with Crippen molar-refractivity contribution in [1.29, 1.82) is 0 Å². The number of hydrogen-bond donors (Lipinski definition) is 1. The van der Waals surface area contributed by atoms with Crippen LogP contribution in [0.3, 0.4) is 0 Å². The van der Waals surface area contributed by atoms with Crippen LogP contribution >= 0.6 is 35.6 Å². The smallest absolute Gasteiger partial charge is 0.229 e. The molecule has 3 rings (SSSR count). The Morgan fingerprint density at radius 1 is 1.22 bits per heavy atom. The first-order chi connectivity index (χ1) is 10.5. The van der Waals surface area contributed by atoms with Gasteiger partial charge in [-0.15, -0.1) is 12.4 Å². The lowest BCUT2D eigenvalue weighted by molar-refractivity contribution is -0.134. The fourth-order valence-electron chi connectivity index (χ4n) is 3.62. The molecule has 1 aromatic rings. The maximum atomic E-state index is 12.7. The van der Waals surface area contributed by atoms with Crippen LogP contribution in [-0.4, -0.2) is 37.0 Å². The maximum absolute atomic E-state index is 12.7. The summed E-state index contributed by atoms with van der Waals surface area (Å²) in [4.78, 5) is 14.7. The van der Waals surface area contributed by atoms with Crippen molar-refractivity contribution in [3.05, 3.63) is 33.8 Å². The lowest BCUT2D eigenvalue weighted by Gasteiger charge is -2.39. The third-order valence-corrected chi connectivity index (χ3v) is 6.02. The van der Waals surface area contributed by atoms with Gasteiger partial charge in [0.1, 0.15) is 0 Å². The van der Waals surface area contributed by atoms with Crippen molar-refractivity contribution in [2.75, 3.05) is 26.2 Å². The number of benzene rings is 1. The van der Waals surface area contributed by atoms with Crippen molar-refractivity contribution < 1.29 is 4.79 Å². The second kappa shape index (κ2) is 7.60. The Morgan fingerprint density at radius 3 is 2.48 bits per heavy atom. The summed E-state index contributed by atoms with van der Waals surface area (Å²) in [5.74, 6) is 0.0183. The van der Waals surface area contributed by atoms with Gasteiger partial charge >= 0.3 is 0 Å². The zero-order valence-corrected chi connectivity index (χ0v) is 15.6. The first-order valence-electron chi connectivity index (χ1n) is 7.95. The van der Waals surface area contributed by atoms with Crippen LogP contribution in [0.4, 0.5) is 0 Å². The van der Waals surface area contributed by atoms with Gasteiger partial charge in [-0.25, -0.2) is 0 Å². The van der Waals surface area contributed by atoms with Gasteiger partial charge in [0.25, 0.3) is 0 Å². The first kappa shape index (κ1) is 18.9. The number of carbonyl (C=O) groups excluding carboxylic acids is 1. The van der Waals surface area contributed by atoms with Crippen molar-refractivity contribution in [1.82, 2.24) is 10.2 Å². The van der Waals surface area contributed by atoms with Crippen LogP contribution in [-0.2, 0) is 4.79 Å². The molecule has 0 radical (unpaired) electrons. The van der Waals surface area contributed by atoms with Gasteiger partial charge < -0.3 is 10.2 Å². The van der Waals surface area contributed by atoms with Crippen molar-refractivity contribution >= 4 is 41.5 Å². The van der Waals surface area contributed by atoms with Crippen LogP contribution in [0.5, 0.6) is 0 Å². The molecule has 0 aromatic heterocycles. The summed E-state index contributed by atoms with van der Waals surface area (Å²) < 4.78 is 0. The van der Waals surface area contributed by atoms with Gasteiger partial charge in [0, 0.05) is 19.6 Å². The van der Waals surface area contributed by atoms with Crippen molar-refractivity contribution in [2.45, 2.75) is 32.1 Å². The summed E-state index contributed by atoms with van der Waals surface area (Å²) in [6, 6.07) is 5.46. The van der Waals surface area contributed by atoms with Gasteiger partial charge in [-0.05, 0) is 55.8 Å². The number of halogens is 3. The average molecular weight is 378 g/mol. The molecule has 0 bridgehead atoms. The van der Waals surface area contributed by atoms with E-state index < -0.39 is 0 Å². The van der Waals surface area contributed by atoms with E-state index in [2.05, 4.69) is 5.32 Å². The van der Waals surface area contributed by atoms with Gasteiger partial charge in [0.05, 0.1) is 16.0 Å². The minimum atomic E-state index is -0.175. The van der Waals surface area contributed by atoms with Crippen molar-refractivity contribution in [2.24, 2.45) is 5.41 Å². The van der Waals surface area contributed by atoms with Gasteiger partial charge in [-0.2, -0.15) is 0 Å². The molecule has 1 spiro atoms. The highest BCUT2D eigenvalue weighted by Crippen LogP contribution is 2.37. The molecule has 3 nitrogen and oxygen atoms in total. The van der Waals surface area contributed by atoms with E-state index in [1.54, 1.807) is 12.1 Å². The van der Waals surface area contributed by atoms with Crippen LogP contribution < -0.4 is 5.32 Å². The third kappa shape index (κ3) is 3.96. The molecule has 0 aliphatic carbocycles. The SMILES string of the molecule is CC(C(=O)N1CCC2(CCNC2)CC1)c1ccc(Cl)c(Cl)c1.Cl. The highest BCUT2D eigenvalue weighted by atomic mass is 35.5. The van der Waals surface area contributed by atoms with E-state index in [9.17, 15) is 4.79 Å². The largest absolute Gasteiger partial charge is 0.342 e. The Kier molecular flexibility index (Phi) is 6.23. The molecule has 23 heavy (non-hydrogen) atoms. The summed E-state index contributed by atoms with van der Waals surface area (Å²) in [7, 11) is 0. The molecule has 1 N–H and O–H groups in total. The first-order valence-corrected chi connectivity index (χ1v) is 8.71. The van der Waals surface area contributed by atoms with E-state index in [0.29, 0.717) is 15.5 Å². The van der Waals surface area contributed by atoms with Gasteiger partial charge in [0.2, 0.25) is 5.91 Å². The maximum Gasteiger partial charge on any atom is 0.229 e. The molecule has 6 heteroatoms. The van der Waals surface area contributed by atoms with Gasteiger partial charge in [0.15, 0.2) is 0 Å². The third-order valence-electron chi connectivity index (χ3n) is 5.28. The molecule has 1 unspecified atom stereocenters. The van der Waals surface area contributed by atoms with Gasteiger partial charge in [-0.1, -0.05) is 29.3 Å². The second-order valence-electron chi connectivity index (χ2n) is 6.65. The predicted molar refractivity (Wildman–Crippen MR) is 97.9 cm³/mol. The number of piperidine rings is 1. The molecular weight excluding hydrogens is 355 g/mol. The van der Waals surface area contributed by atoms with E-state index in [1.807, 2.05) is 17.9 Å². The summed E-state index contributed by atoms with van der Waals surface area (Å²) in [6.07, 6.45) is 3.47. The lowest BCUT2D eigenvalue weighted by atomic mass is 9.77. The average Bonchev–Trinajstić information content (AvgIpc) is 2.97. The van der Waals surface area contributed by atoms with E-state index in [-0.39, 0.29) is 24.2 Å². The minimum Gasteiger partial charge on any atom is -0.342 e. The molecule has 2 fully saturated rings. The quantitative estimate of drug-likeness (QED) is 0.841. The van der Waals surface area contributed by atoms with Crippen LogP contribution in [0.1, 0.15) is 37.7 Å². The predicted octanol–water partition coefficient (Wildman–Crippen LogP) is 4.12. The van der Waals surface area contributed by atoms with Gasteiger partial charge in [-0.3, -0.25) is 4.79 Å². The molecule has 2 saturated heterocycles. The number of hydrogen-bond acceptors (Lipinski definition) is 2. The number of carbonyl (C=O) groups is 1. The zero-order chi connectivity index (χ0) is 15.7. The highest BCUT2D eigenvalue weighted by molar-refractivity contribution is 6.42. The number of amides is 1. The van der Waals surface area contributed by atoms with Crippen molar-refractivity contribution in [3.8, 4) is 0 Å². The summed E-state index contributed by atoms with van der Waals surface area (Å²) in [5, 5.41) is 4.49. The number of nitrogens with one attached hydrogen (secondary N) is 1.